The van der Waals surface area contributed by atoms with Gasteiger partial charge in [-0.3, -0.25) is 0 Å². The lowest BCUT2D eigenvalue weighted by Gasteiger charge is -2.00. The monoisotopic (exact) mass is 265 g/mol. The highest BCUT2D eigenvalue weighted by Crippen LogP contribution is 2.13. The summed E-state index contributed by atoms with van der Waals surface area (Å²) in [5, 5.41) is 0.472. The van der Waals surface area contributed by atoms with Crippen molar-refractivity contribution in [2.45, 2.75) is 5.75 Å². The molecule has 0 aromatic carbocycles. The fraction of sp³-hybridized carbons (Fsp3) is 0.444. The largest absolute Gasteiger partial charge is 0.244 e. The van der Waals surface area contributed by atoms with E-state index in [1.165, 1.54) is 6.26 Å². The first kappa shape index (κ1) is 12.8. The molecule has 84 valence electrons. The molecule has 0 aliphatic carbocycles. The maximum absolute atomic E-state index is 10.8. The van der Waals surface area contributed by atoms with Crippen LogP contribution in [0.25, 0.3) is 0 Å². The third-order valence-corrected chi connectivity index (χ3v) is 4.11. The summed E-state index contributed by atoms with van der Waals surface area (Å²) in [6.45, 7) is 0. The maximum Gasteiger partial charge on any atom is 0.148 e. The highest BCUT2D eigenvalue weighted by Gasteiger charge is 2.01. The predicted molar refractivity (Wildman–Crippen MR) is 65.1 cm³/mol. The Balaban J connectivity index is 2.29. The van der Waals surface area contributed by atoms with Gasteiger partial charge in [-0.15, -0.1) is 0 Å². The van der Waals surface area contributed by atoms with Crippen molar-refractivity contribution in [3.8, 4) is 0 Å². The van der Waals surface area contributed by atoms with Crippen LogP contribution in [0.15, 0.2) is 18.3 Å². The lowest BCUT2D eigenvalue weighted by molar-refractivity contribution is 0.603. The molecule has 0 N–H and O–H groups in total. The van der Waals surface area contributed by atoms with E-state index in [-0.39, 0.29) is 5.75 Å². The summed E-state index contributed by atoms with van der Waals surface area (Å²) in [6.07, 6.45) is 2.95. The topological polar surface area (TPSA) is 47.0 Å². The number of hydrogen-bond acceptors (Lipinski definition) is 4. The van der Waals surface area contributed by atoms with Gasteiger partial charge in [-0.1, -0.05) is 17.7 Å². The summed E-state index contributed by atoms with van der Waals surface area (Å²) >= 11 is 7.21. The molecule has 1 aromatic rings. The maximum atomic E-state index is 10.8. The SMILES string of the molecule is CS(=O)(=O)CCSCc1ccc(Cl)nc1. The average molecular weight is 266 g/mol. The number of sulfone groups is 1. The Morgan fingerprint density at radius 1 is 1.47 bits per heavy atom. The van der Waals surface area contributed by atoms with Crippen LogP contribution in [0.3, 0.4) is 0 Å². The van der Waals surface area contributed by atoms with Crippen molar-refractivity contribution in [1.29, 1.82) is 0 Å². The zero-order valence-electron chi connectivity index (χ0n) is 8.31. The Kier molecular flexibility index (Phi) is 4.89. The first-order valence-electron chi connectivity index (χ1n) is 4.33. The van der Waals surface area contributed by atoms with Crippen LogP contribution < -0.4 is 0 Å². The van der Waals surface area contributed by atoms with E-state index >= 15 is 0 Å². The van der Waals surface area contributed by atoms with Gasteiger partial charge in [0.05, 0.1) is 5.75 Å². The Bertz CT molecular complexity index is 403. The molecule has 3 nitrogen and oxygen atoms in total. The molecule has 0 aliphatic heterocycles. The number of halogens is 1. The zero-order chi connectivity index (χ0) is 11.3. The second-order valence-electron chi connectivity index (χ2n) is 3.17. The first-order valence-corrected chi connectivity index (χ1v) is 7.92. The number of hydrogen-bond donors (Lipinski definition) is 0. The van der Waals surface area contributed by atoms with Crippen molar-refractivity contribution in [2.24, 2.45) is 0 Å². The molecular formula is C9H12ClNO2S2. The van der Waals surface area contributed by atoms with Crippen LogP contribution >= 0.6 is 23.4 Å². The minimum Gasteiger partial charge on any atom is -0.244 e. The van der Waals surface area contributed by atoms with Crippen LogP contribution in [0, 0.1) is 0 Å². The average Bonchev–Trinajstić information content (AvgIpc) is 2.14. The number of thioether (sulfide) groups is 1. The molecule has 0 fully saturated rings. The van der Waals surface area contributed by atoms with Crippen molar-refractivity contribution in [2.75, 3.05) is 17.8 Å². The van der Waals surface area contributed by atoms with Crippen LogP contribution in [-0.2, 0) is 15.6 Å². The summed E-state index contributed by atoms with van der Waals surface area (Å²) in [6, 6.07) is 3.62. The van der Waals surface area contributed by atoms with E-state index in [2.05, 4.69) is 4.98 Å². The molecule has 1 aromatic heterocycles. The predicted octanol–water partition coefficient (Wildman–Crippen LogP) is 2.01. The van der Waals surface area contributed by atoms with Crippen LogP contribution in [0.2, 0.25) is 5.15 Å². The van der Waals surface area contributed by atoms with Crippen molar-refractivity contribution in [1.82, 2.24) is 4.98 Å². The van der Waals surface area contributed by atoms with Crippen molar-refractivity contribution >= 4 is 33.2 Å². The summed E-state index contributed by atoms with van der Waals surface area (Å²) < 4.78 is 21.7. The zero-order valence-corrected chi connectivity index (χ0v) is 10.7. The van der Waals surface area contributed by atoms with Gasteiger partial charge in [0, 0.05) is 24.0 Å². The van der Waals surface area contributed by atoms with E-state index in [1.807, 2.05) is 6.07 Å². The van der Waals surface area contributed by atoms with E-state index < -0.39 is 9.84 Å². The minimum absolute atomic E-state index is 0.221. The van der Waals surface area contributed by atoms with Gasteiger partial charge >= 0.3 is 0 Å². The first-order chi connectivity index (χ1) is 6.97. The highest BCUT2D eigenvalue weighted by molar-refractivity contribution is 7.99. The van der Waals surface area contributed by atoms with Crippen LogP contribution in [0.5, 0.6) is 0 Å². The van der Waals surface area contributed by atoms with Crippen molar-refractivity contribution < 1.29 is 8.42 Å². The lowest BCUT2D eigenvalue weighted by atomic mass is 10.3. The molecular weight excluding hydrogens is 254 g/mol. The Morgan fingerprint density at radius 3 is 2.73 bits per heavy atom. The quantitative estimate of drug-likeness (QED) is 0.604. The van der Waals surface area contributed by atoms with Gasteiger partial charge in [0.25, 0.3) is 0 Å². The summed E-state index contributed by atoms with van der Waals surface area (Å²) in [4.78, 5) is 3.94. The molecule has 0 spiro atoms. The second kappa shape index (κ2) is 5.72. The molecule has 0 saturated carbocycles. The molecule has 0 atom stereocenters. The standard InChI is InChI=1S/C9H12ClNO2S2/c1-15(12,13)5-4-14-7-8-2-3-9(10)11-6-8/h2-3,6H,4-5,7H2,1H3. The molecule has 0 aliphatic rings. The Labute approximate surface area is 99.2 Å². The molecule has 1 heterocycles. The molecule has 6 heteroatoms. The molecule has 0 radical (unpaired) electrons. The smallest absolute Gasteiger partial charge is 0.148 e. The van der Waals surface area contributed by atoms with Crippen LogP contribution in [-0.4, -0.2) is 31.2 Å². The van der Waals surface area contributed by atoms with Gasteiger partial charge in [-0.05, 0) is 11.6 Å². The Morgan fingerprint density at radius 2 is 2.20 bits per heavy atom. The lowest BCUT2D eigenvalue weighted by Crippen LogP contribution is -2.05. The molecule has 0 saturated heterocycles. The van der Waals surface area contributed by atoms with Crippen molar-refractivity contribution in [3.05, 3.63) is 29.0 Å². The van der Waals surface area contributed by atoms with E-state index in [9.17, 15) is 8.42 Å². The summed E-state index contributed by atoms with van der Waals surface area (Å²) in [7, 11) is -2.84. The molecule has 0 amide bonds. The van der Waals surface area contributed by atoms with E-state index in [4.69, 9.17) is 11.6 Å². The van der Waals surface area contributed by atoms with Gasteiger partial charge in [-0.25, -0.2) is 13.4 Å². The van der Waals surface area contributed by atoms with Crippen LogP contribution in [0.1, 0.15) is 5.56 Å². The van der Waals surface area contributed by atoms with Gasteiger partial charge in [0.1, 0.15) is 15.0 Å². The molecule has 0 bridgehead atoms. The Hall–Kier alpha value is -0.260. The van der Waals surface area contributed by atoms with Gasteiger partial charge in [-0.2, -0.15) is 11.8 Å². The highest BCUT2D eigenvalue weighted by atomic mass is 35.5. The van der Waals surface area contributed by atoms with Crippen molar-refractivity contribution in [3.63, 3.8) is 0 Å². The number of rotatable bonds is 5. The van der Waals surface area contributed by atoms with E-state index in [0.29, 0.717) is 10.9 Å². The minimum atomic E-state index is -2.84. The third kappa shape index (κ3) is 6.02. The third-order valence-electron chi connectivity index (χ3n) is 1.66. The van der Waals surface area contributed by atoms with E-state index in [1.54, 1.807) is 24.0 Å². The van der Waals surface area contributed by atoms with Gasteiger partial charge in [0.2, 0.25) is 0 Å². The summed E-state index contributed by atoms with van der Waals surface area (Å²) in [5.41, 5.74) is 1.05. The van der Waals surface area contributed by atoms with Gasteiger partial charge < -0.3 is 0 Å². The molecule has 0 unspecified atom stereocenters. The normalized spacial score (nSPS) is 11.6. The second-order valence-corrected chi connectivity index (χ2v) is 6.92. The van der Waals surface area contributed by atoms with Crippen LogP contribution in [0.4, 0.5) is 0 Å². The van der Waals surface area contributed by atoms with E-state index in [0.717, 1.165) is 11.3 Å². The molecule has 15 heavy (non-hydrogen) atoms. The fourth-order valence-electron chi connectivity index (χ4n) is 0.892. The number of pyridine rings is 1. The fourth-order valence-corrected chi connectivity index (χ4v) is 3.24. The van der Waals surface area contributed by atoms with Gasteiger partial charge in [0.15, 0.2) is 0 Å². The summed E-state index contributed by atoms with van der Waals surface area (Å²) in [5.74, 6) is 1.60. The molecule has 1 rings (SSSR count). The number of aromatic nitrogens is 1. The number of nitrogens with zero attached hydrogens (tertiary/aromatic N) is 1.